The lowest BCUT2D eigenvalue weighted by atomic mass is 10.1. The largest absolute Gasteiger partial charge is 0.384 e. The fourth-order valence-electron chi connectivity index (χ4n) is 2.45. The van der Waals surface area contributed by atoms with Gasteiger partial charge < -0.3 is 15.5 Å². The zero-order chi connectivity index (χ0) is 15.8. The van der Waals surface area contributed by atoms with Gasteiger partial charge in [-0.3, -0.25) is 4.79 Å². The third-order valence-corrected chi connectivity index (χ3v) is 4.03. The highest BCUT2D eigenvalue weighted by atomic mass is 35.5. The van der Waals surface area contributed by atoms with Gasteiger partial charge in [0.2, 0.25) is 0 Å². The van der Waals surface area contributed by atoms with Gasteiger partial charge in [0.15, 0.2) is 6.61 Å². The highest BCUT2D eigenvalue weighted by Crippen LogP contribution is 2.15. The summed E-state index contributed by atoms with van der Waals surface area (Å²) >= 11 is 6.06. The van der Waals surface area contributed by atoms with Gasteiger partial charge in [0.05, 0.1) is 0 Å². The van der Waals surface area contributed by atoms with Crippen LogP contribution in [-0.4, -0.2) is 36.3 Å². The van der Waals surface area contributed by atoms with Crippen LogP contribution in [0.15, 0.2) is 29.4 Å². The number of rotatable bonds is 5. The predicted octanol–water partition coefficient (Wildman–Crippen LogP) is 2.57. The fourth-order valence-corrected chi connectivity index (χ4v) is 2.65. The van der Waals surface area contributed by atoms with Gasteiger partial charge in [0, 0.05) is 24.5 Å². The molecule has 6 heteroatoms. The summed E-state index contributed by atoms with van der Waals surface area (Å²) in [5, 5.41) is 4.45. The Morgan fingerprint density at radius 2 is 1.91 bits per heavy atom. The van der Waals surface area contributed by atoms with E-state index in [1.54, 1.807) is 6.07 Å². The van der Waals surface area contributed by atoms with Crippen molar-refractivity contribution in [1.82, 2.24) is 4.90 Å². The van der Waals surface area contributed by atoms with E-state index < -0.39 is 0 Å². The van der Waals surface area contributed by atoms with E-state index in [4.69, 9.17) is 22.2 Å². The number of nitrogens with two attached hydrogens (primary N) is 1. The Morgan fingerprint density at radius 1 is 1.23 bits per heavy atom. The maximum absolute atomic E-state index is 12.0. The van der Waals surface area contributed by atoms with E-state index in [2.05, 4.69) is 5.16 Å². The summed E-state index contributed by atoms with van der Waals surface area (Å²) in [4.78, 5) is 18.9. The third-order valence-electron chi connectivity index (χ3n) is 3.66. The molecule has 5 nitrogen and oxygen atoms in total. The Kier molecular flexibility index (Phi) is 6.52. The van der Waals surface area contributed by atoms with E-state index in [0.29, 0.717) is 17.3 Å². The van der Waals surface area contributed by atoms with E-state index >= 15 is 0 Å². The first kappa shape index (κ1) is 16.6. The first-order chi connectivity index (χ1) is 10.7. The van der Waals surface area contributed by atoms with E-state index in [1.165, 1.54) is 12.8 Å². The number of hydrogen-bond donors (Lipinski definition) is 1. The Labute approximate surface area is 136 Å². The van der Waals surface area contributed by atoms with Gasteiger partial charge in [0.1, 0.15) is 5.84 Å². The van der Waals surface area contributed by atoms with Crippen LogP contribution in [0.3, 0.4) is 0 Å². The van der Waals surface area contributed by atoms with Crippen molar-refractivity contribution in [1.29, 1.82) is 0 Å². The maximum atomic E-state index is 12.0. The Bertz CT molecular complexity index is 526. The summed E-state index contributed by atoms with van der Waals surface area (Å²) in [5.74, 6) is 0.271. The average molecular weight is 324 g/mol. The minimum Gasteiger partial charge on any atom is -0.384 e. The highest BCUT2D eigenvalue weighted by molar-refractivity contribution is 6.31. The monoisotopic (exact) mass is 323 g/mol. The SMILES string of the molecule is N/C(Cc1ccccc1Cl)=N\OCC(=O)N1CCCCCC1. The van der Waals surface area contributed by atoms with Crippen molar-refractivity contribution in [2.24, 2.45) is 10.9 Å². The van der Waals surface area contributed by atoms with Crippen LogP contribution in [0, 0.1) is 0 Å². The number of hydrogen-bond acceptors (Lipinski definition) is 3. The molecule has 0 unspecified atom stereocenters. The van der Waals surface area contributed by atoms with Gasteiger partial charge in [-0.1, -0.05) is 47.8 Å². The lowest BCUT2D eigenvalue weighted by molar-refractivity contribution is -0.136. The molecule has 1 amide bonds. The topological polar surface area (TPSA) is 67.9 Å². The number of amides is 1. The summed E-state index contributed by atoms with van der Waals surface area (Å²) in [6, 6.07) is 7.43. The smallest absolute Gasteiger partial charge is 0.263 e. The third kappa shape index (κ3) is 5.22. The van der Waals surface area contributed by atoms with Gasteiger partial charge in [-0.25, -0.2) is 0 Å². The number of benzene rings is 1. The van der Waals surface area contributed by atoms with Crippen LogP contribution in [-0.2, 0) is 16.1 Å². The lowest BCUT2D eigenvalue weighted by Gasteiger charge is -2.19. The molecule has 2 N–H and O–H groups in total. The molecule has 1 aliphatic heterocycles. The van der Waals surface area contributed by atoms with Crippen molar-refractivity contribution in [3.63, 3.8) is 0 Å². The molecule has 0 aromatic heterocycles. The van der Waals surface area contributed by atoms with Gasteiger partial charge in [-0.2, -0.15) is 0 Å². The molecule has 120 valence electrons. The Morgan fingerprint density at radius 3 is 2.59 bits per heavy atom. The highest BCUT2D eigenvalue weighted by Gasteiger charge is 2.15. The molecule has 0 bridgehead atoms. The van der Waals surface area contributed by atoms with E-state index in [0.717, 1.165) is 31.5 Å². The Balaban J connectivity index is 1.78. The van der Waals surface area contributed by atoms with Crippen LogP contribution in [0.1, 0.15) is 31.2 Å². The second-order valence-electron chi connectivity index (χ2n) is 5.42. The fraction of sp³-hybridized carbons (Fsp3) is 0.500. The van der Waals surface area contributed by atoms with Crippen molar-refractivity contribution in [3.05, 3.63) is 34.9 Å². The summed E-state index contributed by atoms with van der Waals surface area (Å²) in [7, 11) is 0. The molecule has 22 heavy (non-hydrogen) atoms. The second-order valence-corrected chi connectivity index (χ2v) is 5.83. The average Bonchev–Trinajstić information content (AvgIpc) is 2.79. The molecule has 1 aromatic rings. The van der Waals surface area contributed by atoms with Crippen LogP contribution in [0.25, 0.3) is 0 Å². The van der Waals surface area contributed by atoms with Crippen molar-refractivity contribution in [3.8, 4) is 0 Å². The van der Waals surface area contributed by atoms with E-state index in [9.17, 15) is 4.79 Å². The predicted molar refractivity (Wildman–Crippen MR) is 87.8 cm³/mol. The van der Waals surface area contributed by atoms with E-state index in [-0.39, 0.29) is 12.5 Å². The molecule has 0 atom stereocenters. The molecule has 0 spiro atoms. The van der Waals surface area contributed by atoms with Crippen LogP contribution >= 0.6 is 11.6 Å². The summed E-state index contributed by atoms with van der Waals surface area (Å²) in [6.45, 7) is 1.55. The maximum Gasteiger partial charge on any atom is 0.263 e. The number of nitrogens with zero attached hydrogens (tertiary/aromatic N) is 2. The number of carbonyl (C=O) groups is 1. The number of likely N-dealkylation sites (tertiary alicyclic amines) is 1. The zero-order valence-corrected chi connectivity index (χ0v) is 13.4. The minimum atomic E-state index is -0.0662. The number of amidine groups is 1. The molecular formula is C16H22ClN3O2. The molecule has 1 aromatic carbocycles. The molecule has 2 rings (SSSR count). The van der Waals surface area contributed by atoms with Gasteiger partial charge >= 0.3 is 0 Å². The number of carbonyl (C=O) groups excluding carboxylic acids is 1. The standard InChI is InChI=1S/C16H22ClN3O2/c17-14-8-4-3-7-13(14)11-15(18)19-22-12-16(21)20-9-5-1-2-6-10-20/h3-4,7-8H,1-2,5-6,9-12H2,(H2,18,19). The van der Waals surface area contributed by atoms with Crippen LogP contribution < -0.4 is 5.73 Å². The minimum absolute atomic E-state index is 0.0313. The van der Waals surface area contributed by atoms with Crippen molar-refractivity contribution in [2.45, 2.75) is 32.1 Å². The molecule has 1 heterocycles. The van der Waals surface area contributed by atoms with Crippen molar-refractivity contribution in [2.75, 3.05) is 19.7 Å². The Hall–Kier alpha value is -1.75. The van der Waals surface area contributed by atoms with Gasteiger partial charge in [-0.05, 0) is 24.5 Å². The molecule has 1 aliphatic rings. The first-order valence-corrected chi connectivity index (χ1v) is 8.00. The lowest BCUT2D eigenvalue weighted by Crippen LogP contribution is -2.34. The van der Waals surface area contributed by atoms with Crippen LogP contribution in [0.5, 0.6) is 0 Å². The summed E-state index contributed by atoms with van der Waals surface area (Å²) < 4.78 is 0. The summed E-state index contributed by atoms with van der Waals surface area (Å²) in [5.41, 5.74) is 6.69. The number of halogens is 1. The number of oxime groups is 1. The normalized spacial score (nSPS) is 16.2. The van der Waals surface area contributed by atoms with E-state index in [1.807, 2.05) is 23.1 Å². The molecular weight excluding hydrogens is 302 g/mol. The van der Waals surface area contributed by atoms with Crippen molar-refractivity contribution >= 4 is 23.3 Å². The molecule has 0 radical (unpaired) electrons. The molecule has 0 saturated carbocycles. The van der Waals surface area contributed by atoms with Crippen molar-refractivity contribution < 1.29 is 9.63 Å². The second kappa shape index (κ2) is 8.63. The van der Waals surface area contributed by atoms with Gasteiger partial charge in [-0.15, -0.1) is 0 Å². The first-order valence-electron chi connectivity index (χ1n) is 7.62. The quantitative estimate of drug-likeness (QED) is 0.514. The van der Waals surface area contributed by atoms with Crippen LogP contribution in [0.4, 0.5) is 0 Å². The molecule has 1 fully saturated rings. The van der Waals surface area contributed by atoms with Gasteiger partial charge in [0.25, 0.3) is 5.91 Å². The molecule has 1 saturated heterocycles. The molecule has 0 aliphatic carbocycles. The van der Waals surface area contributed by atoms with Crippen LogP contribution in [0.2, 0.25) is 5.02 Å². The zero-order valence-electron chi connectivity index (χ0n) is 12.6. The summed E-state index contributed by atoms with van der Waals surface area (Å²) in [6.07, 6.45) is 4.89.